The summed E-state index contributed by atoms with van der Waals surface area (Å²) in [5.74, 6) is -0.453. The van der Waals surface area contributed by atoms with Gasteiger partial charge in [-0.25, -0.2) is 9.18 Å². The minimum atomic E-state index is -1.04. The molecule has 5 rings (SSSR count). The molecule has 198 valence electrons. The number of benzene rings is 4. The van der Waals surface area contributed by atoms with Gasteiger partial charge in [-0.1, -0.05) is 48.5 Å². The van der Waals surface area contributed by atoms with E-state index < -0.39 is 12.6 Å². The average molecular weight is 537 g/mol. The largest absolute Gasteiger partial charge is 0.486 e. The van der Waals surface area contributed by atoms with Crippen molar-refractivity contribution in [3.8, 4) is 11.5 Å². The minimum Gasteiger partial charge on any atom is -0.486 e. The molecule has 8 heteroatoms. The molecule has 0 saturated carbocycles. The molecule has 0 bridgehead atoms. The van der Waals surface area contributed by atoms with Crippen LogP contribution in [-0.2, 0) is 4.79 Å². The molecule has 4 aromatic carbocycles. The molecule has 0 saturated heterocycles. The second kappa shape index (κ2) is 12.2. The Bertz CT molecular complexity index is 1390. The number of halogens is 2. The van der Waals surface area contributed by atoms with E-state index in [9.17, 15) is 9.18 Å². The second-order valence-corrected chi connectivity index (χ2v) is 9.15. The number of hydrogen-bond acceptors (Lipinski definition) is 5. The quantitative estimate of drug-likeness (QED) is 0.254. The van der Waals surface area contributed by atoms with Crippen LogP contribution < -0.4 is 19.7 Å². The molecular formula is C30H30ClFN2O4. The van der Waals surface area contributed by atoms with Crippen molar-refractivity contribution in [1.82, 2.24) is 5.32 Å². The number of anilines is 2. The number of nitrogens with zero attached hydrogens (tertiary/aromatic N) is 1. The van der Waals surface area contributed by atoms with Crippen molar-refractivity contribution >= 4 is 40.5 Å². The van der Waals surface area contributed by atoms with E-state index in [1.54, 1.807) is 36.4 Å². The molecule has 1 aliphatic heterocycles. The van der Waals surface area contributed by atoms with E-state index >= 15 is 0 Å². The zero-order chi connectivity index (χ0) is 25.8. The molecule has 1 unspecified atom stereocenters. The van der Waals surface area contributed by atoms with Gasteiger partial charge in [0.15, 0.2) is 12.4 Å². The SMILES string of the molecule is C[C@@H](NCCC1CN(c2ccc(OCC(=O)O)cc2)c2c(F)cccc2O1)c1cccc2ccccc12.Cl. The first-order valence-corrected chi connectivity index (χ1v) is 12.4. The van der Waals surface area contributed by atoms with E-state index in [1.807, 2.05) is 11.0 Å². The summed E-state index contributed by atoms with van der Waals surface area (Å²) in [4.78, 5) is 12.7. The lowest BCUT2D eigenvalue weighted by molar-refractivity contribution is -0.139. The maximum atomic E-state index is 14.9. The maximum absolute atomic E-state index is 14.9. The molecule has 0 fully saturated rings. The third-order valence-electron chi connectivity index (χ3n) is 6.62. The number of carboxylic acids is 1. The van der Waals surface area contributed by atoms with Gasteiger partial charge in [0, 0.05) is 11.7 Å². The average Bonchev–Trinajstić information content (AvgIpc) is 2.91. The van der Waals surface area contributed by atoms with Crippen molar-refractivity contribution in [3.05, 3.63) is 96.3 Å². The highest BCUT2D eigenvalue weighted by Gasteiger charge is 2.29. The highest BCUT2D eigenvalue weighted by molar-refractivity contribution is 5.86. The highest BCUT2D eigenvalue weighted by atomic mass is 35.5. The van der Waals surface area contributed by atoms with Gasteiger partial charge in [0.2, 0.25) is 0 Å². The number of ether oxygens (including phenoxy) is 2. The van der Waals surface area contributed by atoms with Crippen molar-refractivity contribution in [1.29, 1.82) is 0 Å². The first-order valence-electron chi connectivity index (χ1n) is 12.4. The Labute approximate surface area is 227 Å². The zero-order valence-electron chi connectivity index (χ0n) is 21.0. The van der Waals surface area contributed by atoms with Gasteiger partial charge < -0.3 is 24.8 Å². The smallest absolute Gasteiger partial charge is 0.341 e. The molecule has 0 aliphatic carbocycles. The summed E-state index contributed by atoms with van der Waals surface area (Å²) in [7, 11) is 0. The normalized spacial score (nSPS) is 15.2. The molecule has 1 heterocycles. The Morgan fingerprint density at radius 1 is 1.08 bits per heavy atom. The minimum absolute atomic E-state index is 0. The summed E-state index contributed by atoms with van der Waals surface area (Å²) >= 11 is 0. The van der Waals surface area contributed by atoms with Crippen LogP contribution in [0.15, 0.2) is 84.9 Å². The first kappa shape index (κ1) is 27.2. The summed E-state index contributed by atoms with van der Waals surface area (Å²) in [5, 5.41) is 14.9. The molecule has 0 amide bonds. The predicted octanol–water partition coefficient (Wildman–Crippen LogP) is 6.50. The molecule has 0 aromatic heterocycles. The van der Waals surface area contributed by atoms with Gasteiger partial charge in [0.1, 0.15) is 23.3 Å². The lowest BCUT2D eigenvalue weighted by Crippen LogP contribution is -2.39. The van der Waals surface area contributed by atoms with Gasteiger partial charge in [-0.05, 0) is 72.6 Å². The lowest BCUT2D eigenvalue weighted by Gasteiger charge is -2.36. The fourth-order valence-corrected chi connectivity index (χ4v) is 4.82. The van der Waals surface area contributed by atoms with Gasteiger partial charge in [0.05, 0.1) is 6.54 Å². The first-order chi connectivity index (χ1) is 18.0. The fourth-order valence-electron chi connectivity index (χ4n) is 4.82. The Morgan fingerprint density at radius 2 is 1.82 bits per heavy atom. The van der Waals surface area contributed by atoms with E-state index in [4.69, 9.17) is 14.6 Å². The Hall–Kier alpha value is -3.81. The highest BCUT2D eigenvalue weighted by Crippen LogP contribution is 2.41. The molecule has 0 spiro atoms. The van der Waals surface area contributed by atoms with Gasteiger partial charge in [-0.15, -0.1) is 12.4 Å². The van der Waals surface area contributed by atoms with Crippen molar-refractivity contribution in [2.24, 2.45) is 0 Å². The van der Waals surface area contributed by atoms with E-state index in [2.05, 4.69) is 48.6 Å². The van der Waals surface area contributed by atoms with Gasteiger partial charge >= 0.3 is 5.97 Å². The Balaban J connectivity index is 0.00000336. The van der Waals surface area contributed by atoms with Crippen LogP contribution in [0.3, 0.4) is 0 Å². The third kappa shape index (κ3) is 6.01. The van der Waals surface area contributed by atoms with Crippen LogP contribution in [-0.4, -0.2) is 36.9 Å². The monoisotopic (exact) mass is 536 g/mol. The zero-order valence-corrected chi connectivity index (χ0v) is 21.8. The fraction of sp³-hybridized carbons (Fsp3) is 0.233. The van der Waals surface area contributed by atoms with E-state index in [0.29, 0.717) is 23.7 Å². The predicted molar refractivity (Wildman–Crippen MR) is 150 cm³/mol. The number of para-hydroxylation sites is 1. The third-order valence-corrected chi connectivity index (χ3v) is 6.62. The van der Waals surface area contributed by atoms with Crippen LogP contribution >= 0.6 is 12.4 Å². The number of hydrogen-bond donors (Lipinski definition) is 2. The standard InChI is InChI=1S/C30H29FN2O4.ClH/c1-20(25-9-4-7-21-6-2-3-8-26(21)25)32-17-16-24-18-33(30-27(31)10-5-11-28(30)37-24)22-12-14-23(15-13-22)36-19-29(34)35;/h2-15,20,24,32H,16-19H2,1H3,(H,34,35);1H/t20-,24?;/m1./s1. The van der Waals surface area contributed by atoms with Gasteiger partial charge in [-0.3, -0.25) is 0 Å². The topological polar surface area (TPSA) is 71.0 Å². The second-order valence-electron chi connectivity index (χ2n) is 9.15. The summed E-state index contributed by atoms with van der Waals surface area (Å²) in [6.07, 6.45) is 0.589. The van der Waals surface area contributed by atoms with Crippen LogP contribution in [0.5, 0.6) is 11.5 Å². The van der Waals surface area contributed by atoms with Crippen molar-refractivity contribution < 1.29 is 23.8 Å². The Morgan fingerprint density at radius 3 is 2.61 bits per heavy atom. The summed E-state index contributed by atoms with van der Waals surface area (Å²) < 4.78 is 26.3. The summed E-state index contributed by atoms with van der Waals surface area (Å²) in [5.41, 5.74) is 2.43. The van der Waals surface area contributed by atoms with Crippen LogP contribution in [0, 0.1) is 5.82 Å². The van der Waals surface area contributed by atoms with E-state index in [1.165, 1.54) is 22.4 Å². The maximum Gasteiger partial charge on any atom is 0.341 e. The van der Waals surface area contributed by atoms with Crippen LogP contribution in [0.4, 0.5) is 15.8 Å². The number of aliphatic carboxylic acids is 1. The van der Waals surface area contributed by atoms with E-state index in [0.717, 1.165) is 18.7 Å². The molecule has 0 radical (unpaired) electrons. The molecule has 4 aromatic rings. The Kier molecular flexibility index (Phi) is 8.71. The lowest BCUT2D eigenvalue weighted by atomic mass is 9.99. The number of carboxylic acid groups (broad SMARTS) is 1. The molecule has 1 aliphatic rings. The van der Waals surface area contributed by atoms with Crippen LogP contribution in [0.1, 0.15) is 24.9 Å². The van der Waals surface area contributed by atoms with Gasteiger partial charge in [-0.2, -0.15) is 0 Å². The van der Waals surface area contributed by atoms with Crippen molar-refractivity contribution in [2.75, 3.05) is 24.6 Å². The van der Waals surface area contributed by atoms with Crippen molar-refractivity contribution in [3.63, 3.8) is 0 Å². The van der Waals surface area contributed by atoms with Crippen molar-refractivity contribution in [2.45, 2.75) is 25.5 Å². The summed E-state index contributed by atoms with van der Waals surface area (Å²) in [6, 6.07) is 26.7. The van der Waals surface area contributed by atoms with E-state index in [-0.39, 0.29) is 30.4 Å². The molecule has 6 nitrogen and oxygen atoms in total. The molecule has 2 atom stereocenters. The van der Waals surface area contributed by atoms with Crippen LogP contribution in [0.2, 0.25) is 0 Å². The molecule has 2 N–H and O–H groups in total. The number of fused-ring (bicyclic) bond motifs is 2. The summed E-state index contributed by atoms with van der Waals surface area (Å²) in [6.45, 7) is 2.96. The van der Waals surface area contributed by atoms with Crippen LogP contribution in [0.25, 0.3) is 10.8 Å². The van der Waals surface area contributed by atoms with Gasteiger partial charge in [0.25, 0.3) is 0 Å². The molecular weight excluding hydrogens is 507 g/mol. The molecule has 38 heavy (non-hydrogen) atoms. The number of carbonyl (C=O) groups is 1. The number of nitrogens with one attached hydrogen (secondary N) is 1. The number of rotatable bonds is 9.